The molecule has 0 amide bonds. The molecule has 6 heteroatoms. The zero-order valence-electron chi connectivity index (χ0n) is 11.5. The van der Waals surface area contributed by atoms with E-state index in [1.807, 2.05) is 10.9 Å². The molecule has 0 bridgehead atoms. The number of nitrogens with zero attached hydrogens (tertiary/aromatic N) is 5. The molecular weight excluding hydrogens is 228 g/mol. The minimum atomic E-state index is 0.811. The highest BCUT2D eigenvalue weighted by atomic mass is 15.4. The van der Waals surface area contributed by atoms with Crippen LogP contribution in [0.1, 0.15) is 12.6 Å². The van der Waals surface area contributed by atoms with Crippen molar-refractivity contribution >= 4 is 0 Å². The van der Waals surface area contributed by atoms with Gasteiger partial charge in [-0.3, -0.25) is 9.58 Å². The predicted octanol–water partition coefficient (Wildman–Crippen LogP) is -0.365. The molecule has 1 aromatic heterocycles. The highest BCUT2D eigenvalue weighted by Gasteiger charge is 2.13. The van der Waals surface area contributed by atoms with E-state index in [1.165, 1.54) is 13.1 Å². The van der Waals surface area contributed by atoms with Crippen molar-refractivity contribution in [3.05, 3.63) is 11.9 Å². The largest absolute Gasteiger partial charge is 0.311 e. The number of rotatable bonds is 6. The molecule has 0 saturated carbocycles. The van der Waals surface area contributed by atoms with Crippen molar-refractivity contribution in [2.45, 2.75) is 20.0 Å². The summed E-state index contributed by atoms with van der Waals surface area (Å²) in [5, 5.41) is 11.6. The van der Waals surface area contributed by atoms with Crippen LogP contribution in [0.25, 0.3) is 0 Å². The summed E-state index contributed by atoms with van der Waals surface area (Å²) < 4.78 is 1.95. The van der Waals surface area contributed by atoms with Crippen molar-refractivity contribution in [1.29, 1.82) is 0 Å². The maximum absolute atomic E-state index is 4.16. The first-order valence-electron chi connectivity index (χ1n) is 6.78. The molecule has 1 aliphatic rings. The summed E-state index contributed by atoms with van der Waals surface area (Å²) in [7, 11) is 2.18. The van der Waals surface area contributed by atoms with Gasteiger partial charge in [0.1, 0.15) is 0 Å². The molecule has 6 nitrogen and oxygen atoms in total. The Hall–Kier alpha value is -0.980. The molecule has 2 rings (SSSR count). The van der Waals surface area contributed by atoms with Gasteiger partial charge in [-0.1, -0.05) is 12.1 Å². The molecule has 1 aliphatic heterocycles. The Labute approximate surface area is 109 Å². The molecule has 102 valence electrons. The van der Waals surface area contributed by atoms with Crippen LogP contribution in [0.15, 0.2) is 6.20 Å². The number of hydrogen-bond acceptors (Lipinski definition) is 5. The Kier molecular flexibility index (Phi) is 5.10. The Morgan fingerprint density at radius 2 is 2.00 bits per heavy atom. The standard InChI is InChI=1S/C12H24N6/c1-3-13-10-12-11-18(15-14-12)9-8-17-6-4-16(2)5-7-17/h11,13H,3-10H2,1-2H3. The van der Waals surface area contributed by atoms with Gasteiger partial charge in [0.15, 0.2) is 0 Å². The molecule has 18 heavy (non-hydrogen) atoms. The monoisotopic (exact) mass is 252 g/mol. The second-order valence-electron chi connectivity index (χ2n) is 4.90. The lowest BCUT2D eigenvalue weighted by atomic mass is 10.3. The molecule has 1 fully saturated rings. The van der Waals surface area contributed by atoms with Crippen molar-refractivity contribution in [2.75, 3.05) is 46.3 Å². The Morgan fingerprint density at radius 1 is 1.22 bits per heavy atom. The van der Waals surface area contributed by atoms with Gasteiger partial charge >= 0.3 is 0 Å². The van der Waals surface area contributed by atoms with Gasteiger partial charge in [0.25, 0.3) is 0 Å². The fraction of sp³-hybridized carbons (Fsp3) is 0.833. The lowest BCUT2D eigenvalue weighted by Crippen LogP contribution is -2.45. The average Bonchev–Trinajstić information content (AvgIpc) is 2.84. The van der Waals surface area contributed by atoms with Crippen LogP contribution in [-0.4, -0.2) is 71.1 Å². The molecule has 0 unspecified atom stereocenters. The zero-order chi connectivity index (χ0) is 12.8. The fourth-order valence-electron chi connectivity index (χ4n) is 2.10. The summed E-state index contributed by atoms with van der Waals surface area (Å²) in [6.45, 7) is 10.5. The van der Waals surface area contributed by atoms with E-state index >= 15 is 0 Å². The van der Waals surface area contributed by atoms with Crippen molar-refractivity contribution in [1.82, 2.24) is 30.1 Å². The van der Waals surface area contributed by atoms with Gasteiger partial charge in [-0.25, -0.2) is 0 Å². The first kappa shape index (κ1) is 13.5. The van der Waals surface area contributed by atoms with Gasteiger partial charge in [-0.15, -0.1) is 5.10 Å². The minimum absolute atomic E-state index is 0.811. The highest BCUT2D eigenvalue weighted by molar-refractivity contribution is 4.91. The van der Waals surface area contributed by atoms with Gasteiger partial charge in [-0.05, 0) is 13.6 Å². The number of aromatic nitrogens is 3. The smallest absolute Gasteiger partial charge is 0.0964 e. The molecule has 0 radical (unpaired) electrons. The van der Waals surface area contributed by atoms with Gasteiger partial charge < -0.3 is 10.2 Å². The number of piperazine rings is 1. The van der Waals surface area contributed by atoms with E-state index in [0.29, 0.717) is 0 Å². The number of likely N-dealkylation sites (N-methyl/N-ethyl adjacent to an activating group) is 1. The average molecular weight is 252 g/mol. The Morgan fingerprint density at radius 3 is 2.72 bits per heavy atom. The van der Waals surface area contributed by atoms with Gasteiger partial charge in [0.05, 0.1) is 12.2 Å². The van der Waals surface area contributed by atoms with Crippen molar-refractivity contribution in [2.24, 2.45) is 0 Å². The minimum Gasteiger partial charge on any atom is -0.311 e. The molecule has 0 atom stereocenters. The molecule has 1 N–H and O–H groups in total. The third-order valence-corrected chi connectivity index (χ3v) is 3.38. The molecular formula is C12H24N6. The Balaban J connectivity index is 1.71. The fourth-order valence-corrected chi connectivity index (χ4v) is 2.10. The van der Waals surface area contributed by atoms with E-state index in [2.05, 4.69) is 39.4 Å². The van der Waals surface area contributed by atoms with Crippen LogP contribution in [-0.2, 0) is 13.1 Å². The van der Waals surface area contributed by atoms with Crippen LogP contribution in [0.5, 0.6) is 0 Å². The van der Waals surface area contributed by atoms with Gasteiger partial charge in [-0.2, -0.15) is 0 Å². The van der Waals surface area contributed by atoms with Crippen LogP contribution in [0.4, 0.5) is 0 Å². The predicted molar refractivity (Wildman–Crippen MR) is 71.3 cm³/mol. The molecule has 0 aliphatic carbocycles. The van der Waals surface area contributed by atoms with Crippen LogP contribution in [0.3, 0.4) is 0 Å². The normalized spacial score (nSPS) is 18.3. The first-order valence-corrected chi connectivity index (χ1v) is 6.78. The lowest BCUT2D eigenvalue weighted by molar-refractivity contribution is 0.148. The lowest BCUT2D eigenvalue weighted by Gasteiger charge is -2.32. The van der Waals surface area contributed by atoms with Crippen molar-refractivity contribution in [3.63, 3.8) is 0 Å². The van der Waals surface area contributed by atoms with Crippen LogP contribution in [0, 0.1) is 0 Å². The molecule has 2 heterocycles. The maximum atomic E-state index is 4.16. The molecule has 1 saturated heterocycles. The van der Waals surface area contributed by atoms with Crippen LogP contribution >= 0.6 is 0 Å². The van der Waals surface area contributed by atoms with E-state index in [9.17, 15) is 0 Å². The quantitative estimate of drug-likeness (QED) is 0.749. The summed E-state index contributed by atoms with van der Waals surface area (Å²) in [5.74, 6) is 0. The van der Waals surface area contributed by atoms with Crippen LogP contribution in [0.2, 0.25) is 0 Å². The van der Waals surface area contributed by atoms with Crippen molar-refractivity contribution in [3.8, 4) is 0 Å². The van der Waals surface area contributed by atoms with E-state index < -0.39 is 0 Å². The van der Waals surface area contributed by atoms with E-state index in [0.717, 1.165) is 45.0 Å². The van der Waals surface area contributed by atoms with Gasteiger partial charge in [0.2, 0.25) is 0 Å². The van der Waals surface area contributed by atoms with Crippen LogP contribution < -0.4 is 5.32 Å². The second kappa shape index (κ2) is 6.82. The summed E-state index contributed by atoms with van der Waals surface area (Å²) >= 11 is 0. The summed E-state index contributed by atoms with van der Waals surface area (Å²) in [6.07, 6.45) is 2.04. The summed E-state index contributed by atoms with van der Waals surface area (Å²) in [5.41, 5.74) is 1.02. The number of hydrogen-bond donors (Lipinski definition) is 1. The number of nitrogens with one attached hydrogen (secondary N) is 1. The summed E-state index contributed by atoms with van der Waals surface area (Å²) in [4.78, 5) is 4.87. The Bertz CT molecular complexity index is 342. The SMILES string of the molecule is CCNCc1cn(CCN2CCN(C)CC2)nn1. The van der Waals surface area contributed by atoms with Crippen molar-refractivity contribution < 1.29 is 0 Å². The molecule has 1 aromatic rings. The third kappa shape index (κ3) is 4.04. The van der Waals surface area contributed by atoms with Gasteiger partial charge in [0, 0.05) is 45.5 Å². The molecule has 0 aromatic carbocycles. The molecule has 0 spiro atoms. The second-order valence-corrected chi connectivity index (χ2v) is 4.90. The van der Waals surface area contributed by atoms with E-state index in [1.54, 1.807) is 0 Å². The van der Waals surface area contributed by atoms with E-state index in [-0.39, 0.29) is 0 Å². The van der Waals surface area contributed by atoms with E-state index in [4.69, 9.17) is 0 Å². The zero-order valence-corrected chi connectivity index (χ0v) is 11.5. The maximum Gasteiger partial charge on any atom is 0.0964 e. The summed E-state index contributed by atoms with van der Waals surface area (Å²) in [6, 6.07) is 0. The highest BCUT2D eigenvalue weighted by Crippen LogP contribution is 2.00. The third-order valence-electron chi connectivity index (χ3n) is 3.38. The topological polar surface area (TPSA) is 49.2 Å². The first-order chi connectivity index (χ1) is 8.78.